The van der Waals surface area contributed by atoms with Crippen LogP contribution in [0.2, 0.25) is 0 Å². The lowest BCUT2D eigenvalue weighted by Crippen LogP contribution is -2.34. The molecular weight excluding hydrogens is 290 g/mol. The number of nitrogens with one attached hydrogen (secondary N) is 1. The Bertz CT molecular complexity index is 393. The van der Waals surface area contributed by atoms with Crippen LogP contribution in [-0.2, 0) is 11.2 Å². The molecule has 2 unspecified atom stereocenters. The summed E-state index contributed by atoms with van der Waals surface area (Å²) >= 11 is 7.79. The third-order valence-corrected chi connectivity index (χ3v) is 5.57. The second-order valence-corrected chi connectivity index (χ2v) is 7.04. The van der Waals surface area contributed by atoms with Gasteiger partial charge in [0.2, 0.25) is 5.91 Å². The van der Waals surface area contributed by atoms with Crippen LogP contribution in [0.4, 0.5) is 0 Å². The molecule has 0 spiro atoms. The van der Waals surface area contributed by atoms with Crippen molar-refractivity contribution >= 4 is 28.8 Å². The van der Waals surface area contributed by atoms with Crippen LogP contribution in [-0.4, -0.2) is 18.3 Å². The van der Waals surface area contributed by atoms with Crippen LogP contribution in [0.5, 0.6) is 0 Å². The largest absolute Gasteiger partial charge is 0.356 e. The van der Waals surface area contributed by atoms with Gasteiger partial charge in [-0.3, -0.25) is 4.79 Å². The quantitative estimate of drug-likeness (QED) is 0.750. The van der Waals surface area contributed by atoms with Crippen LogP contribution in [0.25, 0.3) is 0 Å². The molecule has 20 heavy (non-hydrogen) atoms. The van der Waals surface area contributed by atoms with E-state index in [0.717, 1.165) is 25.3 Å². The van der Waals surface area contributed by atoms with Crippen LogP contribution in [0, 0.1) is 11.8 Å². The number of carbonyl (C=O) groups excluding carboxylic acids is 1. The lowest BCUT2D eigenvalue weighted by molar-refractivity contribution is -0.121. The van der Waals surface area contributed by atoms with Crippen molar-refractivity contribution in [3.8, 4) is 0 Å². The summed E-state index contributed by atoms with van der Waals surface area (Å²) in [6.45, 7) is 0.815. The van der Waals surface area contributed by atoms with Crippen molar-refractivity contribution in [2.75, 3.05) is 12.4 Å². The highest BCUT2D eigenvalue weighted by Gasteiger charge is 2.24. The molecule has 1 aliphatic rings. The molecule has 0 saturated heterocycles. The van der Waals surface area contributed by atoms with E-state index in [1.807, 2.05) is 0 Å². The summed E-state index contributed by atoms with van der Waals surface area (Å²) in [6.07, 6.45) is 7.61. The number of hydrogen-bond donors (Lipinski definition) is 1. The highest BCUT2D eigenvalue weighted by molar-refractivity contribution is 7.09. The van der Waals surface area contributed by atoms with E-state index >= 15 is 0 Å². The van der Waals surface area contributed by atoms with Crippen molar-refractivity contribution in [1.82, 2.24) is 5.32 Å². The summed E-state index contributed by atoms with van der Waals surface area (Å²) in [5.41, 5.74) is 0. The Morgan fingerprint density at radius 1 is 1.35 bits per heavy atom. The number of carbonyl (C=O) groups is 1. The third kappa shape index (κ3) is 5.10. The van der Waals surface area contributed by atoms with E-state index < -0.39 is 0 Å². The monoisotopic (exact) mass is 313 g/mol. The first kappa shape index (κ1) is 15.8. The highest BCUT2D eigenvalue weighted by atomic mass is 35.5. The average Bonchev–Trinajstić information content (AvgIpc) is 2.98. The lowest BCUT2D eigenvalue weighted by atomic mass is 9.80. The maximum Gasteiger partial charge on any atom is 0.220 e. The van der Waals surface area contributed by atoms with Crippen LogP contribution >= 0.6 is 22.9 Å². The molecule has 1 aromatic rings. The molecular formula is C16H24ClNOS. The number of halogens is 1. The Morgan fingerprint density at radius 2 is 2.15 bits per heavy atom. The van der Waals surface area contributed by atoms with Crippen molar-refractivity contribution in [3.63, 3.8) is 0 Å². The van der Waals surface area contributed by atoms with Crippen molar-refractivity contribution in [3.05, 3.63) is 22.4 Å². The maximum absolute atomic E-state index is 11.9. The zero-order valence-corrected chi connectivity index (χ0v) is 13.5. The van der Waals surface area contributed by atoms with Crippen LogP contribution in [0.15, 0.2) is 17.5 Å². The van der Waals surface area contributed by atoms with E-state index in [9.17, 15) is 4.79 Å². The first-order chi connectivity index (χ1) is 9.79. The number of rotatable bonds is 7. The molecule has 1 aromatic heterocycles. The lowest BCUT2D eigenvalue weighted by Gasteiger charge is -2.30. The average molecular weight is 314 g/mol. The number of alkyl halides is 1. The number of thiophene rings is 1. The fourth-order valence-corrected chi connectivity index (χ4v) is 4.13. The van der Waals surface area contributed by atoms with Gasteiger partial charge in [-0.25, -0.2) is 0 Å². The topological polar surface area (TPSA) is 29.1 Å². The molecule has 0 aliphatic heterocycles. The van der Waals surface area contributed by atoms with Gasteiger partial charge in [-0.15, -0.1) is 22.9 Å². The van der Waals surface area contributed by atoms with E-state index in [4.69, 9.17) is 11.6 Å². The molecule has 112 valence electrons. The standard InChI is InChI=1S/C16H24ClNOS/c17-11-13-5-1-2-6-14(13)12-18-16(19)9-3-7-15-8-4-10-20-15/h4,8,10,13-14H,1-3,5-7,9,11-12H2,(H,18,19). The summed E-state index contributed by atoms with van der Waals surface area (Å²) in [5, 5.41) is 5.19. The Labute approximate surface area is 130 Å². The van der Waals surface area contributed by atoms with Gasteiger partial charge in [0.25, 0.3) is 0 Å². The molecule has 1 heterocycles. The Balaban J connectivity index is 1.61. The first-order valence-electron chi connectivity index (χ1n) is 7.64. The van der Waals surface area contributed by atoms with Crippen LogP contribution in [0.3, 0.4) is 0 Å². The zero-order valence-electron chi connectivity index (χ0n) is 11.9. The minimum absolute atomic E-state index is 0.195. The number of aryl methyl sites for hydroxylation is 1. The summed E-state index contributed by atoms with van der Waals surface area (Å²) in [5.74, 6) is 2.11. The smallest absolute Gasteiger partial charge is 0.220 e. The summed E-state index contributed by atoms with van der Waals surface area (Å²) in [7, 11) is 0. The van der Waals surface area contributed by atoms with Crippen molar-refractivity contribution in [2.45, 2.75) is 44.9 Å². The third-order valence-electron chi connectivity index (χ3n) is 4.23. The van der Waals surface area contributed by atoms with Gasteiger partial charge in [0, 0.05) is 23.7 Å². The van der Waals surface area contributed by atoms with Gasteiger partial charge in [0.15, 0.2) is 0 Å². The molecule has 1 amide bonds. The van der Waals surface area contributed by atoms with Gasteiger partial charge in [-0.1, -0.05) is 18.9 Å². The molecule has 0 aromatic carbocycles. The molecule has 1 N–H and O–H groups in total. The molecule has 1 aliphatic carbocycles. The van der Waals surface area contributed by atoms with E-state index in [-0.39, 0.29) is 5.91 Å². The molecule has 2 nitrogen and oxygen atoms in total. The number of amides is 1. The Hall–Kier alpha value is -0.540. The van der Waals surface area contributed by atoms with Crippen LogP contribution in [0.1, 0.15) is 43.4 Å². The fraction of sp³-hybridized carbons (Fsp3) is 0.688. The van der Waals surface area contributed by atoms with Gasteiger partial charge < -0.3 is 5.32 Å². The normalized spacial score (nSPS) is 22.6. The zero-order chi connectivity index (χ0) is 14.2. The molecule has 1 fully saturated rings. The van der Waals surface area contributed by atoms with Gasteiger partial charge >= 0.3 is 0 Å². The predicted molar refractivity (Wildman–Crippen MR) is 86.4 cm³/mol. The van der Waals surface area contributed by atoms with E-state index in [2.05, 4.69) is 22.8 Å². The molecule has 4 heteroatoms. The SMILES string of the molecule is O=C(CCCc1cccs1)NCC1CCCCC1CCl. The van der Waals surface area contributed by atoms with Crippen molar-refractivity contribution in [2.24, 2.45) is 11.8 Å². The molecule has 0 bridgehead atoms. The fourth-order valence-electron chi connectivity index (χ4n) is 2.97. The van der Waals surface area contributed by atoms with Gasteiger partial charge in [-0.2, -0.15) is 0 Å². The van der Waals surface area contributed by atoms with Crippen molar-refractivity contribution < 1.29 is 4.79 Å². The second-order valence-electron chi connectivity index (χ2n) is 5.70. The van der Waals surface area contributed by atoms with Gasteiger partial charge in [-0.05, 0) is 49.0 Å². The van der Waals surface area contributed by atoms with Gasteiger partial charge in [0.1, 0.15) is 0 Å². The van der Waals surface area contributed by atoms with E-state index in [1.54, 1.807) is 11.3 Å². The molecule has 1 saturated carbocycles. The van der Waals surface area contributed by atoms with Gasteiger partial charge in [0.05, 0.1) is 0 Å². The Kier molecular flexibility index (Phi) is 6.88. The minimum atomic E-state index is 0.195. The minimum Gasteiger partial charge on any atom is -0.356 e. The summed E-state index contributed by atoms with van der Waals surface area (Å²) in [4.78, 5) is 13.2. The highest BCUT2D eigenvalue weighted by Crippen LogP contribution is 2.30. The summed E-state index contributed by atoms with van der Waals surface area (Å²) in [6, 6.07) is 4.20. The van der Waals surface area contributed by atoms with Crippen molar-refractivity contribution in [1.29, 1.82) is 0 Å². The molecule has 2 atom stereocenters. The molecule has 0 radical (unpaired) electrons. The predicted octanol–water partition coefficient (Wildman–Crippen LogP) is 4.23. The maximum atomic E-state index is 11.9. The molecule has 2 rings (SSSR count). The number of hydrogen-bond acceptors (Lipinski definition) is 2. The summed E-state index contributed by atoms with van der Waals surface area (Å²) < 4.78 is 0. The first-order valence-corrected chi connectivity index (χ1v) is 9.06. The van der Waals surface area contributed by atoms with E-state index in [0.29, 0.717) is 18.3 Å². The second kappa shape index (κ2) is 8.68. The van der Waals surface area contributed by atoms with Crippen LogP contribution < -0.4 is 5.32 Å². The van der Waals surface area contributed by atoms with E-state index in [1.165, 1.54) is 30.6 Å². The Morgan fingerprint density at radius 3 is 2.85 bits per heavy atom.